The number of aliphatic hydroxyl groups excluding tert-OH is 1. The number of aliphatic hydroxyl groups is 1. The van der Waals surface area contributed by atoms with E-state index in [4.69, 9.17) is 5.11 Å². The van der Waals surface area contributed by atoms with Crippen molar-refractivity contribution in [1.29, 1.82) is 0 Å². The first-order chi connectivity index (χ1) is 8.91. The number of urea groups is 1. The second kappa shape index (κ2) is 5.36. The molecule has 0 bridgehead atoms. The molecule has 0 spiro atoms. The van der Waals surface area contributed by atoms with Gasteiger partial charge in [0.25, 0.3) is 0 Å². The van der Waals surface area contributed by atoms with Crippen LogP contribution >= 0.6 is 0 Å². The van der Waals surface area contributed by atoms with Gasteiger partial charge in [0.1, 0.15) is 6.04 Å². The van der Waals surface area contributed by atoms with E-state index in [0.717, 1.165) is 25.7 Å². The van der Waals surface area contributed by atoms with Gasteiger partial charge in [0, 0.05) is 18.5 Å². The van der Waals surface area contributed by atoms with Crippen LogP contribution in [0.4, 0.5) is 4.79 Å². The Balaban J connectivity index is 2.00. The van der Waals surface area contributed by atoms with Crippen molar-refractivity contribution >= 4 is 12.0 Å². The van der Waals surface area contributed by atoms with Gasteiger partial charge in [0.05, 0.1) is 6.10 Å². The molecule has 1 aliphatic heterocycles. The Morgan fingerprint density at radius 1 is 1.26 bits per heavy atom. The number of aliphatic carboxylic acids is 1. The molecule has 6 heteroatoms. The van der Waals surface area contributed by atoms with Gasteiger partial charge < -0.3 is 20.4 Å². The summed E-state index contributed by atoms with van der Waals surface area (Å²) in [6, 6.07) is -1.28. The van der Waals surface area contributed by atoms with E-state index in [2.05, 4.69) is 5.32 Å². The van der Waals surface area contributed by atoms with Gasteiger partial charge in [-0.15, -0.1) is 0 Å². The van der Waals surface area contributed by atoms with E-state index in [-0.39, 0.29) is 24.5 Å². The molecule has 0 radical (unpaired) electrons. The highest BCUT2D eigenvalue weighted by molar-refractivity contribution is 5.83. The van der Waals surface area contributed by atoms with Crippen LogP contribution in [0.3, 0.4) is 0 Å². The fourth-order valence-corrected chi connectivity index (χ4v) is 3.06. The zero-order valence-corrected chi connectivity index (χ0v) is 11.3. The summed E-state index contributed by atoms with van der Waals surface area (Å²) in [6.45, 7) is 2.10. The molecule has 3 N–H and O–H groups in total. The number of hydrogen-bond donors (Lipinski definition) is 3. The topological polar surface area (TPSA) is 89.9 Å². The van der Waals surface area contributed by atoms with Crippen molar-refractivity contribution in [2.45, 2.75) is 63.1 Å². The first-order valence-corrected chi connectivity index (χ1v) is 6.91. The first-order valence-electron chi connectivity index (χ1n) is 6.91. The third kappa shape index (κ3) is 3.18. The number of carbonyl (C=O) groups excluding carboxylic acids is 1. The van der Waals surface area contributed by atoms with Gasteiger partial charge in [0.2, 0.25) is 0 Å². The van der Waals surface area contributed by atoms with Crippen LogP contribution in [0.5, 0.6) is 0 Å². The summed E-state index contributed by atoms with van der Waals surface area (Å²) in [4.78, 5) is 24.6. The van der Waals surface area contributed by atoms with E-state index in [1.165, 1.54) is 11.3 Å². The van der Waals surface area contributed by atoms with Crippen LogP contribution in [0, 0.1) is 0 Å². The number of hydrogen-bond acceptors (Lipinski definition) is 3. The van der Waals surface area contributed by atoms with E-state index < -0.39 is 18.1 Å². The number of rotatable bonds is 2. The molecule has 2 atom stereocenters. The number of β-amino-alcohol motifs (C(OH)–C–C–N with tert-alkyl or cyclic N) is 1. The lowest BCUT2D eigenvalue weighted by molar-refractivity contribution is -0.141. The molecule has 1 aliphatic carbocycles. The molecule has 2 aliphatic rings. The van der Waals surface area contributed by atoms with Crippen LogP contribution in [-0.2, 0) is 4.79 Å². The van der Waals surface area contributed by atoms with Gasteiger partial charge in [-0.2, -0.15) is 0 Å². The van der Waals surface area contributed by atoms with Crippen molar-refractivity contribution in [1.82, 2.24) is 10.2 Å². The summed E-state index contributed by atoms with van der Waals surface area (Å²) in [5.41, 5.74) is -0.244. The average molecular weight is 270 g/mol. The summed E-state index contributed by atoms with van der Waals surface area (Å²) in [6.07, 6.45) is 4.57. The second-order valence-corrected chi connectivity index (χ2v) is 5.95. The summed E-state index contributed by atoms with van der Waals surface area (Å²) >= 11 is 0. The first kappa shape index (κ1) is 14.1. The Kier molecular flexibility index (Phi) is 3.99. The number of carboxylic acids is 1. The molecule has 2 rings (SSSR count). The largest absolute Gasteiger partial charge is 0.480 e. The molecule has 1 saturated heterocycles. The van der Waals surface area contributed by atoms with E-state index in [0.29, 0.717) is 0 Å². The van der Waals surface area contributed by atoms with Gasteiger partial charge in [-0.25, -0.2) is 9.59 Å². The maximum Gasteiger partial charge on any atom is 0.326 e. The summed E-state index contributed by atoms with van der Waals surface area (Å²) < 4.78 is 0. The quantitative estimate of drug-likeness (QED) is 0.696. The number of carbonyl (C=O) groups is 2. The van der Waals surface area contributed by atoms with Gasteiger partial charge >= 0.3 is 12.0 Å². The Labute approximate surface area is 112 Å². The minimum absolute atomic E-state index is 0.0961. The second-order valence-electron chi connectivity index (χ2n) is 5.95. The number of amides is 2. The highest BCUT2D eigenvalue weighted by atomic mass is 16.4. The lowest BCUT2D eigenvalue weighted by Crippen LogP contribution is -2.54. The molecule has 19 heavy (non-hydrogen) atoms. The lowest BCUT2D eigenvalue weighted by atomic mass is 9.83. The van der Waals surface area contributed by atoms with Crippen LogP contribution in [0.15, 0.2) is 0 Å². The standard InChI is InChI=1S/C13H22N2O4/c1-13(5-3-2-4-6-13)14-12(19)15-8-9(16)7-10(15)11(17)18/h9-10,16H,2-8H2,1H3,(H,14,19)(H,17,18). The monoisotopic (exact) mass is 270 g/mol. The van der Waals surface area contributed by atoms with Crippen molar-refractivity contribution in [3.05, 3.63) is 0 Å². The smallest absolute Gasteiger partial charge is 0.326 e. The Hall–Kier alpha value is -1.30. The number of nitrogens with one attached hydrogen (secondary N) is 1. The lowest BCUT2D eigenvalue weighted by Gasteiger charge is -2.36. The predicted molar refractivity (Wildman–Crippen MR) is 68.8 cm³/mol. The van der Waals surface area contributed by atoms with Crippen LogP contribution in [0.1, 0.15) is 45.4 Å². The minimum Gasteiger partial charge on any atom is -0.480 e. The van der Waals surface area contributed by atoms with Gasteiger partial charge in [-0.05, 0) is 19.8 Å². The molecule has 1 heterocycles. The summed E-state index contributed by atoms with van der Waals surface area (Å²) in [5, 5.41) is 21.6. The SMILES string of the molecule is CC1(NC(=O)N2CC(O)CC2C(=O)O)CCCCC1. The van der Waals surface area contributed by atoms with E-state index in [9.17, 15) is 14.7 Å². The van der Waals surface area contributed by atoms with Crippen LogP contribution < -0.4 is 5.32 Å². The Morgan fingerprint density at radius 3 is 2.47 bits per heavy atom. The number of likely N-dealkylation sites (tertiary alicyclic amines) is 1. The molecule has 0 aromatic rings. The Morgan fingerprint density at radius 2 is 1.89 bits per heavy atom. The zero-order valence-electron chi connectivity index (χ0n) is 11.3. The van der Waals surface area contributed by atoms with E-state index in [1.807, 2.05) is 6.92 Å². The minimum atomic E-state index is -1.06. The van der Waals surface area contributed by atoms with E-state index >= 15 is 0 Å². The fourth-order valence-electron chi connectivity index (χ4n) is 3.06. The molecular weight excluding hydrogens is 248 g/mol. The zero-order chi connectivity index (χ0) is 14.0. The van der Waals surface area contributed by atoms with Crippen LogP contribution in [0.2, 0.25) is 0 Å². The van der Waals surface area contributed by atoms with Crippen LogP contribution in [-0.4, -0.2) is 51.3 Å². The molecule has 2 fully saturated rings. The summed E-state index contributed by atoms with van der Waals surface area (Å²) in [7, 11) is 0. The molecule has 2 amide bonds. The van der Waals surface area contributed by atoms with Crippen molar-refractivity contribution in [3.8, 4) is 0 Å². The van der Waals surface area contributed by atoms with Crippen molar-refractivity contribution < 1.29 is 19.8 Å². The number of nitrogens with zero attached hydrogens (tertiary/aromatic N) is 1. The van der Waals surface area contributed by atoms with Crippen molar-refractivity contribution in [2.24, 2.45) is 0 Å². The third-order valence-electron chi connectivity index (χ3n) is 4.19. The predicted octanol–water partition coefficient (Wildman–Crippen LogP) is 0.939. The highest BCUT2D eigenvalue weighted by Gasteiger charge is 2.41. The molecular formula is C13H22N2O4. The average Bonchev–Trinajstić information content (AvgIpc) is 2.72. The van der Waals surface area contributed by atoms with Gasteiger partial charge in [0.15, 0.2) is 0 Å². The maximum absolute atomic E-state index is 12.2. The van der Waals surface area contributed by atoms with E-state index in [1.54, 1.807) is 0 Å². The molecule has 1 saturated carbocycles. The van der Waals surface area contributed by atoms with Crippen molar-refractivity contribution in [2.75, 3.05) is 6.54 Å². The van der Waals surface area contributed by atoms with Gasteiger partial charge in [-0.1, -0.05) is 19.3 Å². The number of carboxylic acid groups (broad SMARTS) is 1. The molecule has 0 aromatic carbocycles. The van der Waals surface area contributed by atoms with Crippen molar-refractivity contribution in [3.63, 3.8) is 0 Å². The molecule has 108 valence electrons. The third-order valence-corrected chi connectivity index (χ3v) is 4.19. The summed E-state index contributed by atoms with van der Waals surface area (Å²) in [5.74, 6) is -1.06. The molecule has 0 aromatic heterocycles. The van der Waals surface area contributed by atoms with Gasteiger partial charge in [-0.3, -0.25) is 0 Å². The highest BCUT2D eigenvalue weighted by Crippen LogP contribution is 2.28. The Bertz CT molecular complexity index is 366. The normalized spacial score (nSPS) is 30.1. The van der Waals surface area contributed by atoms with Crippen LogP contribution in [0.25, 0.3) is 0 Å². The molecule has 2 unspecified atom stereocenters. The fraction of sp³-hybridized carbons (Fsp3) is 0.846. The maximum atomic E-state index is 12.2. The molecule has 6 nitrogen and oxygen atoms in total.